The Morgan fingerprint density at radius 3 is 2.38 bits per heavy atom. The van der Waals surface area contributed by atoms with E-state index in [1.165, 1.54) is 27.6 Å². The molecular weight excluding hydrogens is 408 g/mol. The highest BCUT2D eigenvalue weighted by molar-refractivity contribution is 7.89. The molecule has 0 unspecified atom stereocenters. The molecule has 0 atom stereocenters. The third-order valence-corrected chi connectivity index (χ3v) is 8.11. The van der Waals surface area contributed by atoms with Crippen LogP contribution in [0.3, 0.4) is 0 Å². The first kappa shape index (κ1) is 20.4. The zero-order valence-corrected chi connectivity index (χ0v) is 17.9. The highest BCUT2D eigenvalue weighted by atomic mass is 35.5. The second kappa shape index (κ2) is 8.46. The highest BCUT2D eigenvalue weighted by Gasteiger charge is 2.28. The van der Waals surface area contributed by atoms with Crippen LogP contribution in [0.25, 0.3) is 0 Å². The molecular formula is C22H25ClN2O3S. The highest BCUT2D eigenvalue weighted by Crippen LogP contribution is 2.29. The second-order valence-electron chi connectivity index (χ2n) is 7.75. The van der Waals surface area contributed by atoms with Gasteiger partial charge in [-0.1, -0.05) is 30.5 Å². The Kier molecular flexibility index (Phi) is 5.95. The molecule has 29 heavy (non-hydrogen) atoms. The molecule has 154 valence electrons. The van der Waals surface area contributed by atoms with Crippen molar-refractivity contribution in [2.24, 2.45) is 0 Å². The van der Waals surface area contributed by atoms with Gasteiger partial charge < -0.3 is 5.32 Å². The molecule has 0 aromatic heterocycles. The molecule has 1 saturated heterocycles. The number of amides is 1. The van der Waals surface area contributed by atoms with Gasteiger partial charge in [0.2, 0.25) is 10.0 Å². The first-order valence-corrected chi connectivity index (χ1v) is 12.0. The maximum absolute atomic E-state index is 13.1. The number of carbonyl (C=O) groups excluding carboxylic acids is 1. The number of nitrogens with zero attached hydrogens (tertiary/aromatic N) is 1. The minimum absolute atomic E-state index is 0.00247. The average Bonchev–Trinajstić information content (AvgIpc) is 2.98. The third kappa shape index (κ3) is 4.34. The summed E-state index contributed by atoms with van der Waals surface area (Å²) >= 11 is 6.23. The lowest BCUT2D eigenvalue weighted by molar-refractivity contribution is 0.102. The van der Waals surface area contributed by atoms with Crippen LogP contribution in [-0.4, -0.2) is 31.7 Å². The van der Waals surface area contributed by atoms with Gasteiger partial charge in [-0.2, -0.15) is 4.31 Å². The maximum atomic E-state index is 13.1. The summed E-state index contributed by atoms with van der Waals surface area (Å²) in [6.45, 7) is 0.981. The summed E-state index contributed by atoms with van der Waals surface area (Å²) in [5.74, 6) is -0.341. The molecule has 2 aliphatic rings. The summed E-state index contributed by atoms with van der Waals surface area (Å²) < 4.78 is 27.8. The Balaban J connectivity index is 1.58. The largest absolute Gasteiger partial charge is 0.322 e. The van der Waals surface area contributed by atoms with Crippen molar-refractivity contribution >= 4 is 33.2 Å². The molecule has 2 aromatic carbocycles. The van der Waals surface area contributed by atoms with Gasteiger partial charge in [0.1, 0.15) is 4.90 Å². The maximum Gasteiger partial charge on any atom is 0.255 e. The number of aryl methyl sites for hydroxylation is 2. The SMILES string of the molecule is O=C(Nc1ccc2c(c1)CCC2)c1ccc(Cl)c(S(=O)(=O)N2CCCCCC2)c1. The lowest BCUT2D eigenvalue weighted by Crippen LogP contribution is -2.32. The number of fused-ring (bicyclic) bond motifs is 1. The summed E-state index contributed by atoms with van der Waals surface area (Å²) in [5, 5.41) is 3.03. The lowest BCUT2D eigenvalue weighted by atomic mass is 10.1. The molecule has 1 aliphatic heterocycles. The van der Waals surface area contributed by atoms with Crippen LogP contribution in [0.15, 0.2) is 41.3 Å². The van der Waals surface area contributed by atoms with Gasteiger partial charge in [0.05, 0.1) is 5.02 Å². The van der Waals surface area contributed by atoms with Crippen LogP contribution in [0.5, 0.6) is 0 Å². The van der Waals surface area contributed by atoms with Crippen molar-refractivity contribution in [2.45, 2.75) is 49.8 Å². The summed E-state index contributed by atoms with van der Waals surface area (Å²) in [5.41, 5.74) is 3.61. The number of sulfonamides is 1. The molecule has 1 amide bonds. The summed E-state index contributed by atoms with van der Waals surface area (Å²) in [7, 11) is -3.73. The Labute approximate surface area is 177 Å². The molecule has 1 N–H and O–H groups in total. The summed E-state index contributed by atoms with van der Waals surface area (Å²) in [4.78, 5) is 12.8. The fourth-order valence-electron chi connectivity index (χ4n) is 4.12. The molecule has 0 bridgehead atoms. The van der Waals surface area contributed by atoms with Crippen LogP contribution in [-0.2, 0) is 22.9 Å². The summed E-state index contributed by atoms with van der Waals surface area (Å²) in [6, 6.07) is 10.4. The van der Waals surface area contributed by atoms with Crippen molar-refractivity contribution in [3.8, 4) is 0 Å². The lowest BCUT2D eigenvalue weighted by Gasteiger charge is -2.21. The Morgan fingerprint density at radius 2 is 1.62 bits per heavy atom. The average molecular weight is 433 g/mol. The van der Waals surface area contributed by atoms with E-state index < -0.39 is 10.0 Å². The molecule has 1 aliphatic carbocycles. The number of rotatable bonds is 4. The Hall–Kier alpha value is -1.89. The molecule has 2 aromatic rings. The minimum atomic E-state index is -3.73. The number of hydrogen-bond acceptors (Lipinski definition) is 3. The minimum Gasteiger partial charge on any atom is -0.322 e. The van der Waals surface area contributed by atoms with Crippen molar-refractivity contribution in [1.82, 2.24) is 4.31 Å². The molecule has 0 spiro atoms. The molecule has 1 heterocycles. The monoisotopic (exact) mass is 432 g/mol. The van der Waals surface area contributed by atoms with Gasteiger partial charge in [-0.3, -0.25) is 4.79 Å². The van der Waals surface area contributed by atoms with E-state index >= 15 is 0 Å². The van der Waals surface area contributed by atoms with E-state index in [4.69, 9.17) is 11.6 Å². The van der Waals surface area contributed by atoms with Crippen molar-refractivity contribution in [2.75, 3.05) is 18.4 Å². The normalized spacial score (nSPS) is 17.6. The fourth-order valence-corrected chi connectivity index (χ4v) is 6.13. The number of anilines is 1. The van der Waals surface area contributed by atoms with Crippen LogP contribution in [0.1, 0.15) is 53.6 Å². The first-order chi connectivity index (χ1) is 13.9. The van der Waals surface area contributed by atoms with E-state index in [-0.39, 0.29) is 21.4 Å². The van der Waals surface area contributed by atoms with Gasteiger partial charge >= 0.3 is 0 Å². The van der Waals surface area contributed by atoms with Crippen molar-refractivity contribution < 1.29 is 13.2 Å². The van der Waals surface area contributed by atoms with E-state index in [1.54, 1.807) is 6.07 Å². The number of carbonyl (C=O) groups is 1. The fraction of sp³-hybridized carbons (Fsp3) is 0.409. The van der Waals surface area contributed by atoms with E-state index in [0.29, 0.717) is 13.1 Å². The zero-order valence-electron chi connectivity index (χ0n) is 16.3. The molecule has 4 rings (SSSR count). The van der Waals surface area contributed by atoms with Crippen LogP contribution in [0.2, 0.25) is 5.02 Å². The second-order valence-corrected chi connectivity index (χ2v) is 10.1. The number of hydrogen-bond donors (Lipinski definition) is 1. The van der Waals surface area contributed by atoms with Gasteiger partial charge in [0.15, 0.2) is 0 Å². The van der Waals surface area contributed by atoms with Crippen LogP contribution in [0.4, 0.5) is 5.69 Å². The molecule has 7 heteroatoms. The smallest absolute Gasteiger partial charge is 0.255 e. The Bertz CT molecular complexity index is 1030. The standard InChI is InChI=1S/C22H25ClN2O3S/c23-20-11-9-18(15-21(20)29(27,28)25-12-3-1-2-4-13-25)22(26)24-19-10-8-16-6-5-7-17(16)14-19/h8-11,14-15H,1-7,12-13H2,(H,24,26). The van der Waals surface area contributed by atoms with Crippen molar-refractivity contribution in [3.05, 3.63) is 58.1 Å². The molecule has 0 radical (unpaired) electrons. The summed E-state index contributed by atoms with van der Waals surface area (Å²) in [6.07, 6.45) is 7.00. The quantitative estimate of drug-likeness (QED) is 0.764. The van der Waals surface area contributed by atoms with Crippen LogP contribution in [0, 0.1) is 0 Å². The predicted molar refractivity (Wildman–Crippen MR) is 115 cm³/mol. The Morgan fingerprint density at radius 1 is 0.897 bits per heavy atom. The topological polar surface area (TPSA) is 66.5 Å². The van der Waals surface area contributed by atoms with Gasteiger partial charge in [0.25, 0.3) is 5.91 Å². The van der Waals surface area contributed by atoms with Gasteiger partial charge in [-0.05, 0) is 73.6 Å². The van der Waals surface area contributed by atoms with E-state index in [2.05, 4.69) is 11.4 Å². The molecule has 1 fully saturated rings. The first-order valence-electron chi connectivity index (χ1n) is 10.2. The van der Waals surface area contributed by atoms with Crippen molar-refractivity contribution in [1.29, 1.82) is 0 Å². The van der Waals surface area contributed by atoms with Crippen molar-refractivity contribution in [3.63, 3.8) is 0 Å². The van der Waals surface area contributed by atoms with E-state index in [0.717, 1.165) is 50.6 Å². The van der Waals surface area contributed by atoms with Crippen LogP contribution >= 0.6 is 11.6 Å². The van der Waals surface area contributed by atoms with Gasteiger partial charge in [-0.25, -0.2) is 8.42 Å². The molecule has 0 saturated carbocycles. The number of nitrogens with one attached hydrogen (secondary N) is 1. The van der Waals surface area contributed by atoms with E-state index in [9.17, 15) is 13.2 Å². The predicted octanol–water partition coefficient (Wildman–Crippen LogP) is 4.65. The zero-order chi connectivity index (χ0) is 20.4. The van der Waals surface area contributed by atoms with Crippen LogP contribution < -0.4 is 5.32 Å². The number of halogens is 1. The van der Waals surface area contributed by atoms with Gasteiger partial charge in [0, 0.05) is 24.3 Å². The third-order valence-electron chi connectivity index (χ3n) is 5.73. The van der Waals surface area contributed by atoms with Gasteiger partial charge in [-0.15, -0.1) is 0 Å². The molecule has 5 nitrogen and oxygen atoms in total. The van der Waals surface area contributed by atoms with E-state index in [1.807, 2.05) is 12.1 Å². The number of benzene rings is 2.